The van der Waals surface area contributed by atoms with E-state index in [4.69, 9.17) is 9.47 Å². The van der Waals surface area contributed by atoms with E-state index in [2.05, 4.69) is 5.32 Å². The zero-order chi connectivity index (χ0) is 18.7. The number of non-ortho nitro benzene ring substituents is 1. The fraction of sp³-hybridized carbons (Fsp3) is 0.111. The Bertz CT molecular complexity index is 890. The Kier molecular flexibility index (Phi) is 4.66. The number of anilines is 1. The fourth-order valence-electron chi connectivity index (χ4n) is 2.57. The van der Waals surface area contributed by atoms with Crippen molar-refractivity contribution in [3.63, 3.8) is 0 Å². The molecule has 8 nitrogen and oxygen atoms in total. The molecular weight excluding hydrogens is 340 g/mol. The first-order valence-electron chi connectivity index (χ1n) is 7.61. The van der Waals surface area contributed by atoms with Gasteiger partial charge in [-0.25, -0.2) is 9.59 Å². The van der Waals surface area contributed by atoms with Gasteiger partial charge in [-0.15, -0.1) is 0 Å². The van der Waals surface area contributed by atoms with Gasteiger partial charge in [-0.05, 0) is 29.8 Å². The molecule has 0 saturated heterocycles. The second-order valence-electron chi connectivity index (χ2n) is 5.41. The number of rotatable bonds is 5. The summed E-state index contributed by atoms with van der Waals surface area (Å²) in [4.78, 5) is 34.8. The van der Waals surface area contributed by atoms with Crippen molar-refractivity contribution in [1.29, 1.82) is 0 Å². The van der Waals surface area contributed by atoms with E-state index in [9.17, 15) is 19.7 Å². The number of carbonyl (C=O) groups excluding carboxylic acids is 2. The Balaban J connectivity index is 2.01. The number of hydrogen-bond acceptors (Lipinski definition) is 7. The number of ether oxygens (including phenoxy) is 2. The number of carbonyl (C=O) groups is 2. The molecule has 1 atom stereocenters. The van der Waals surface area contributed by atoms with Gasteiger partial charge in [0.05, 0.1) is 12.0 Å². The highest BCUT2D eigenvalue weighted by Crippen LogP contribution is 2.36. The Morgan fingerprint density at radius 3 is 2.38 bits per heavy atom. The maximum Gasteiger partial charge on any atom is 0.356 e. The summed E-state index contributed by atoms with van der Waals surface area (Å²) in [6.07, 6.45) is -1.01. The molecular formula is C18H14N2O6. The number of nitrogens with one attached hydrogen (secondary N) is 1. The van der Waals surface area contributed by atoms with Crippen molar-refractivity contribution in [2.24, 2.45) is 0 Å². The van der Waals surface area contributed by atoms with E-state index in [0.717, 1.165) is 0 Å². The highest BCUT2D eigenvalue weighted by Gasteiger charge is 2.40. The highest BCUT2D eigenvalue weighted by molar-refractivity contribution is 6.06. The zero-order valence-electron chi connectivity index (χ0n) is 13.7. The molecule has 8 heteroatoms. The monoisotopic (exact) mass is 354 g/mol. The maximum atomic E-state index is 12.3. The van der Waals surface area contributed by atoms with Gasteiger partial charge in [0.15, 0.2) is 6.10 Å². The summed E-state index contributed by atoms with van der Waals surface area (Å²) in [5.41, 5.74) is 0.908. The quantitative estimate of drug-likeness (QED) is 0.499. The van der Waals surface area contributed by atoms with Crippen LogP contribution in [0.3, 0.4) is 0 Å². The van der Waals surface area contributed by atoms with Crippen LogP contribution in [-0.2, 0) is 19.1 Å². The molecule has 1 N–H and O–H groups in total. The van der Waals surface area contributed by atoms with E-state index >= 15 is 0 Å². The summed E-state index contributed by atoms with van der Waals surface area (Å²) in [5.74, 6) is -1.43. The lowest BCUT2D eigenvalue weighted by Crippen LogP contribution is -2.14. The van der Waals surface area contributed by atoms with Crippen molar-refractivity contribution >= 4 is 23.3 Å². The van der Waals surface area contributed by atoms with Gasteiger partial charge in [-0.3, -0.25) is 10.1 Å². The molecule has 0 fully saturated rings. The summed E-state index contributed by atoms with van der Waals surface area (Å²) < 4.78 is 10.1. The minimum Gasteiger partial charge on any atom is -0.465 e. The average Bonchev–Trinajstić information content (AvgIpc) is 2.98. The summed E-state index contributed by atoms with van der Waals surface area (Å²) in [5, 5.41) is 13.7. The number of nitrogens with zero attached hydrogens (tertiary/aromatic N) is 1. The van der Waals surface area contributed by atoms with Crippen LogP contribution in [0.1, 0.15) is 11.7 Å². The Labute approximate surface area is 148 Å². The highest BCUT2D eigenvalue weighted by atomic mass is 16.6. The van der Waals surface area contributed by atoms with E-state index in [1.54, 1.807) is 24.3 Å². The normalized spacial score (nSPS) is 16.2. The predicted octanol–water partition coefficient (Wildman–Crippen LogP) is 2.73. The average molecular weight is 354 g/mol. The van der Waals surface area contributed by atoms with E-state index in [1.165, 1.54) is 31.4 Å². The largest absolute Gasteiger partial charge is 0.465 e. The van der Waals surface area contributed by atoms with Crippen LogP contribution in [0.25, 0.3) is 0 Å². The molecule has 0 aliphatic carbocycles. The molecule has 0 radical (unpaired) electrons. The number of para-hydroxylation sites is 1. The van der Waals surface area contributed by atoms with Crippen LogP contribution in [0.2, 0.25) is 0 Å². The van der Waals surface area contributed by atoms with Crippen molar-refractivity contribution in [3.8, 4) is 0 Å². The first-order valence-corrected chi connectivity index (χ1v) is 7.61. The predicted molar refractivity (Wildman–Crippen MR) is 91.0 cm³/mol. The van der Waals surface area contributed by atoms with E-state index < -0.39 is 23.0 Å². The molecule has 0 bridgehead atoms. The number of cyclic esters (lactones) is 1. The second-order valence-corrected chi connectivity index (χ2v) is 5.41. The minimum atomic E-state index is -1.01. The van der Waals surface area contributed by atoms with Gasteiger partial charge < -0.3 is 14.8 Å². The van der Waals surface area contributed by atoms with Gasteiger partial charge in [0.1, 0.15) is 11.3 Å². The molecule has 2 aromatic rings. The van der Waals surface area contributed by atoms with Crippen LogP contribution in [-0.4, -0.2) is 24.0 Å². The van der Waals surface area contributed by atoms with Crippen molar-refractivity contribution < 1.29 is 24.0 Å². The minimum absolute atomic E-state index is 0.00945. The molecule has 2 aromatic carbocycles. The molecule has 1 heterocycles. The standard InChI is InChI=1S/C18H14N2O6/c1-25-17(21)14-15(19-12-5-3-2-4-6-12)18(22)26-16(14)11-7-9-13(10-8-11)20(23)24/h2-10,16,19H,1H3. The topological polar surface area (TPSA) is 108 Å². The van der Waals surface area contributed by atoms with Gasteiger partial charge in [-0.2, -0.15) is 0 Å². The van der Waals surface area contributed by atoms with Gasteiger partial charge >= 0.3 is 11.9 Å². The van der Waals surface area contributed by atoms with Crippen LogP contribution in [0.4, 0.5) is 11.4 Å². The first-order chi connectivity index (χ1) is 12.5. The third-order valence-corrected chi connectivity index (χ3v) is 3.82. The maximum absolute atomic E-state index is 12.3. The van der Waals surface area contributed by atoms with Crippen LogP contribution in [0, 0.1) is 10.1 Å². The molecule has 1 unspecified atom stereocenters. The molecule has 26 heavy (non-hydrogen) atoms. The SMILES string of the molecule is COC(=O)C1=C(Nc2ccccc2)C(=O)OC1c1ccc([N+](=O)[O-])cc1. The molecule has 3 rings (SSSR count). The smallest absolute Gasteiger partial charge is 0.356 e. The molecule has 1 aliphatic heterocycles. The summed E-state index contributed by atoms with van der Waals surface area (Å²) >= 11 is 0. The fourth-order valence-corrected chi connectivity index (χ4v) is 2.57. The van der Waals surface area contributed by atoms with Crippen LogP contribution >= 0.6 is 0 Å². The molecule has 132 valence electrons. The lowest BCUT2D eigenvalue weighted by Gasteiger charge is -2.12. The molecule has 0 spiro atoms. The molecule has 0 saturated carbocycles. The summed E-state index contributed by atoms with van der Waals surface area (Å²) in [6, 6.07) is 14.2. The van der Waals surface area contributed by atoms with Gasteiger partial charge in [0.2, 0.25) is 0 Å². The van der Waals surface area contributed by atoms with Gasteiger partial charge in [0, 0.05) is 17.8 Å². The van der Waals surface area contributed by atoms with Crippen LogP contribution < -0.4 is 5.32 Å². The van der Waals surface area contributed by atoms with E-state index in [1.807, 2.05) is 6.07 Å². The summed E-state index contributed by atoms with van der Waals surface area (Å²) in [6.45, 7) is 0. The van der Waals surface area contributed by atoms with E-state index in [-0.39, 0.29) is 17.0 Å². The van der Waals surface area contributed by atoms with E-state index in [0.29, 0.717) is 11.3 Å². The van der Waals surface area contributed by atoms with Crippen molar-refractivity contribution in [3.05, 3.63) is 81.5 Å². The Hall–Kier alpha value is -3.68. The van der Waals surface area contributed by atoms with Crippen molar-refractivity contribution in [2.75, 3.05) is 12.4 Å². The third-order valence-electron chi connectivity index (χ3n) is 3.82. The zero-order valence-corrected chi connectivity index (χ0v) is 13.7. The van der Waals surface area contributed by atoms with Crippen molar-refractivity contribution in [1.82, 2.24) is 0 Å². The second kappa shape index (κ2) is 7.06. The number of benzene rings is 2. The number of nitro benzene ring substituents is 1. The molecule has 1 aliphatic rings. The summed E-state index contributed by atoms with van der Waals surface area (Å²) in [7, 11) is 1.20. The van der Waals surface area contributed by atoms with Crippen LogP contribution in [0.15, 0.2) is 65.9 Å². The lowest BCUT2D eigenvalue weighted by molar-refractivity contribution is -0.384. The number of nitro groups is 1. The lowest BCUT2D eigenvalue weighted by atomic mass is 10.0. The van der Waals surface area contributed by atoms with Gasteiger partial charge in [-0.1, -0.05) is 18.2 Å². The first kappa shape index (κ1) is 17.2. The number of methoxy groups -OCH3 is 1. The van der Waals surface area contributed by atoms with Crippen molar-refractivity contribution in [2.45, 2.75) is 6.10 Å². The van der Waals surface area contributed by atoms with Gasteiger partial charge in [0.25, 0.3) is 5.69 Å². The molecule has 0 amide bonds. The Morgan fingerprint density at radius 1 is 1.15 bits per heavy atom. The number of hydrogen-bond donors (Lipinski definition) is 1. The Morgan fingerprint density at radius 2 is 1.81 bits per heavy atom. The molecule has 0 aromatic heterocycles. The number of esters is 2. The van der Waals surface area contributed by atoms with Crippen LogP contribution in [0.5, 0.6) is 0 Å². The third kappa shape index (κ3) is 3.25.